The summed E-state index contributed by atoms with van der Waals surface area (Å²) in [4.78, 5) is 0.437. The lowest BCUT2D eigenvalue weighted by Gasteiger charge is -2.26. The van der Waals surface area contributed by atoms with E-state index < -0.39 is 29.7 Å². The Bertz CT molecular complexity index is 2630. The minimum absolute atomic E-state index is 0.0273. The molecule has 14 nitrogen and oxygen atoms in total. The first-order valence-electron chi connectivity index (χ1n) is 16.9. The second-order valence-corrected chi connectivity index (χ2v) is 16.5. The molecule has 0 saturated heterocycles. The van der Waals surface area contributed by atoms with Gasteiger partial charge in [-0.2, -0.15) is 14.2 Å². The van der Waals surface area contributed by atoms with E-state index in [4.69, 9.17) is 14.2 Å². The maximum Gasteiger partial charge on any atom is 0.245 e. The van der Waals surface area contributed by atoms with Gasteiger partial charge in [-0.3, -0.25) is 5.10 Å². The molecule has 0 fully saturated rings. The average molecular weight is 780 g/mol. The van der Waals surface area contributed by atoms with E-state index in [1.807, 2.05) is 24.3 Å². The van der Waals surface area contributed by atoms with Crippen molar-refractivity contribution in [1.82, 2.24) is 34.7 Å². The average Bonchev–Trinajstić information content (AvgIpc) is 3.88. The van der Waals surface area contributed by atoms with Gasteiger partial charge < -0.3 is 14.2 Å². The molecule has 0 unspecified atom stereocenters. The van der Waals surface area contributed by atoms with Crippen LogP contribution in [-0.2, 0) is 39.5 Å². The molecular formula is C39H37N7O7S2. The van der Waals surface area contributed by atoms with Crippen LogP contribution in [0.2, 0.25) is 0 Å². The van der Waals surface area contributed by atoms with Crippen LogP contribution in [0.1, 0.15) is 16.7 Å². The minimum atomic E-state index is -4.71. The van der Waals surface area contributed by atoms with E-state index >= 15 is 8.42 Å². The van der Waals surface area contributed by atoms with Crippen molar-refractivity contribution in [1.29, 1.82) is 0 Å². The molecule has 0 amide bonds. The number of sulfone groups is 1. The lowest BCUT2D eigenvalue weighted by Crippen LogP contribution is -2.32. The molecule has 1 N–H and O–H groups in total. The zero-order chi connectivity index (χ0) is 38.7. The first kappa shape index (κ1) is 37.2. The summed E-state index contributed by atoms with van der Waals surface area (Å²) in [5, 5.41) is 21.3. The number of nitrogens with one attached hydrogen (secondary N) is 1. The zero-order valence-electron chi connectivity index (χ0n) is 30.4. The van der Waals surface area contributed by atoms with Gasteiger partial charge in [0.05, 0.1) is 50.0 Å². The molecule has 0 aliphatic heterocycles. The fourth-order valence-corrected chi connectivity index (χ4v) is 9.48. The van der Waals surface area contributed by atoms with Crippen molar-refractivity contribution in [2.45, 2.75) is 29.4 Å². The first-order valence-corrected chi connectivity index (χ1v) is 20.3. The Morgan fingerprint density at radius 2 is 1.25 bits per heavy atom. The number of hydrogen-bond acceptors (Lipinski definition) is 11. The second kappa shape index (κ2) is 15.3. The zero-order valence-corrected chi connectivity index (χ0v) is 32.0. The maximum atomic E-state index is 15.5. The predicted octanol–water partition coefficient (Wildman–Crippen LogP) is 5.75. The highest BCUT2D eigenvalue weighted by Crippen LogP contribution is 2.42. The molecule has 55 heavy (non-hydrogen) atoms. The van der Waals surface area contributed by atoms with Crippen LogP contribution in [0.3, 0.4) is 0 Å². The number of fused-ring (bicyclic) bond motifs is 1. The topological polar surface area (TPSA) is 171 Å². The summed E-state index contributed by atoms with van der Waals surface area (Å²) < 4.78 is 75.6. The molecule has 0 bridgehead atoms. The summed E-state index contributed by atoms with van der Waals surface area (Å²) in [6.07, 6.45) is 2.63. The van der Waals surface area contributed by atoms with Crippen LogP contribution in [0.5, 0.6) is 17.2 Å². The third kappa shape index (κ3) is 7.78. The standard InChI is InChI=1S/C39H37N7O7S2/c1-51-30-14-8-26(9-15-30)23-45(24-27-10-16-31(52-2)17-11-27)55(49,50)38-35(54(4,47)48)21-20-33(34-7-5-6-29-22-40-41-37(29)34)36(38)39-42-44-46(43-39)25-28-12-18-32(53-3)19-13-28/h5-22H,23-25H2,1-4H3,(H,40,41). The first-order chi connectivity index (χ1) is 26.5. The summed E-state index contributed by atoms with van der Waals surface area (Å²) in [5.41, 5.74) is 3.61. The van der Waals surface area contributed by atoms with Crippen LogP contribution in [0.15, 0.2) is 119 Å². The Morgan fingerprint density at radius 1 is 0.691 bits per heavy atom. The number of benzene rings is 5. The fraction of sp³-hybridized carbons (Fsp3) is 0.179. The van der Waals surface area contributed by atoms with Crippen molar-refractivity contribution in [2.75, 3.05) is 27.6 Å². The molecule has 7 rings (SSSR count). The number of hydrogen-bond donors (Lipinski definition) is 1. The van der Waals surface area contributed by atoms with Crippen molar-refractivity contribution in [2.24, 2.45) is 0 Å². The Kier molecular flexibility index (Phi) is 10.4. The second-order valence-electron chi connectivity index (χ2n) is 12.7. The van der Waals surface area contributed by atoms with E-state index in [1.54, 1.807) is 100 Å². The SMILES string of the molecule is COc1ccc(CN(Cc2ccc(OC)cc2)S(=O)(=O)c2c(S(C)(=O)=O)ccc(-c3cccc4cn[nH]c34)c2-c2nnn(Cc3ccc(OC)cc3)n2)cc1. The summed E-state index contributed by atoms with van der Waals surface area (Å²) in [6.45, 7) is -0.0325. The van der Waals surface area contributed by atoms with Gasteiger partial charge in [0.25, 0.3) is 0 Å². The molecule has 0 aliphatic carbocycles. The molecule has 0 aliphatic rings. The van der Waals surface area contributed by atoms with Crippen LogP contribution in [0.4, 0.5) is 0 Å². The molecule has 0 radical (unpaired) electrons. The van der Waals surface area contributed by atoms with Gasteiger partial charge in [-0.05, 0) is 69.9 Å². The largest absolute Gasteiger partial charge is 0.497 e. The van der Waals surface area contributed by atoms with Crippen molar-refractivity contribution >= 4 is 30.8 Å². The van der Waals surface area contributed by atoms with E-state index in [-0.39, 0.29) is 31.0 Å². The van der Waals surface area contributed by atoms with E-state index in [0.29, 0.717) is 45.0 Å². The lowest BCUT2D eigenvalue weighted by atomic mass is 9.97. The molecule has 16 heteroatoms. The normalized spacial score (nSPS) is 11.9. The number of methoxy groups -OCH3 is 3. The smallest absolute Gasteiger partial charge is 0.245 e. The number of aromatic nitrogens is 6. The van der Waals surface area contributed by atoms with E-state index in [2.05, 4.69) is 25.6 Å². The molecule has 282 valence electrons. The van der Waals surface area contributed by atoms with Crippen LogP contribution in [0, 0.1) is 0 Å². The number of ether oxygens (including phenoxy) is 3. The maximum absolute atomic E-state index is 15.5. The highest BCUT2D eigenvalue weighted by Gasteiger charge is 2.37. The van der Waals surface area contributed by atoms with Gasteiger partial charge in [0, 0.05) is 30.3 Å². The Labute approximate surface area is 318 Å². The van der Waals surface area contributed by atoms with Crippen molar-refractivity contribution in [3.63, 3.8) is 0 Å². The highest BCUT2D eigenvalue weighted by atomic mass is 32.2. The number of nitrogens with zero attached hydrogens (tertiary/aromatic N) is 6. The third-order valence-electron chi connectivity index (χ3n) is 9.08. The Balaban J connectivity index is 1.46. The Morgan fingerprint density at radius 3 is 1.80 bits per heavy atom. The number of rotatable bonds is 14. The highest BCUT2D eigenvalue weighted by molar-refractivity contribution is 7.93. The van der Waals surface area contributed by atoms with Crippen molar-refractivity contribution in [3.05, 3.63) is 126 Å². The van der Waals surface area contributed by atoms with Crippen LogP contribution in [0.25, 0.3) is 33.4 Å². The number of tetrazole rings is 1. The monoisotopic (exact) mass is 779 g/mol. The molecule has 7 aromatic rings. The fourth-order valence-electron chi connectivity index (χ4n) is 6.28. The molecule has 5 aromatic carbocycles. The number of para-hydroxylation sites is 1. The van der Waals surface area contributed by atoms with E-state index in [9.17, 15) is 8.42 Å². The quantitative estimate of drug-likeness (QED) is 0.143. The van der Waals surface area contributed by atoms with Crippen LogP contribution in [-0.4, -0.2) is 79.1 Å². The van der Waals surface area contributed by atoms with Crippen LogP contribution < -0.4 is 14.2 Å². The molecule has 0 saturated carbocycles. The number of aromatic amines is 1. The summed E-state index contributed by atoms with van der Waals surface area (Å²) in [7, 11) is -4.23. The summed E-state index contributed by atoms with van der Waals surface area (Å²) in [5.74, 6) is 1.78. The lowest BCUT2D eigenvalue weighted by molar-refractivity contribution is 0.396. The molecule has 0 spiro atoms. The van der Waals surface area contributed by atoms with E-state index in [1.165, 1.54) is 15.2 Å². The Hall–Kier alpha value is -6.10. The number of H-pyrrole nitrogens is 1. The minimum Gasteiger partial charge on any atom is -0.497 e. The third-order valence-corrected chi connectivity index (χ3v) is 12.2. The predicted molar refractivity (Wildman–Crippen MR) is 206 cm³/mol. The van der Waals surface area contributed by atoms with Crippen molar-refractivity contribution < 1.29 is 31.0 Å². The summed E-state index contributed by atoms with van der Waals surface area (Å²) >= 11 is 0. The van der Waals surface area contributed by atoms with Crippen LogP contribution >= 0.6 is 0 Å². The van der Waals surface area contributed by atoms with Crippen molar-refractivity contribution in [3.8, 4) is 39.8 Å². The number of sulfonamides is 1. The van der Waals surface area contributed by atoms with Gasteiger partial charge >= 0.3 is 0 Å². The molecule has 2 aromatic heterocycles. The van der Waals surface area contributed by atoms with Gasteiger partial charge in [0.15, 0.2) is 9.84 Å². The molecular weight excluding hydrogens is 743 g/mol. The molecule has 2 heterocycles. The van der Waals surface area contributed by atoms with E-state index in [0.717, 1.165) is 17.2 Å². The van der Waals surface area contributed by atoms with Gasteiger partial charge in [-0.25, -0.2) is 16.8 Å². The van der Waals surface area contributed by atoms with Gasteiger partial charge in [0.2, 0.25) is 15.8 Å². The summed E-state index contributed by atoms with van der Waals surface area (Å²) in [6, 6.07) is 29.6. The molecule has 0 atom stereocenters. The van der Waals surface area contributed by atoms with Gasteiger partial charge in [0.1, 0.15) is 22.1 Å². The van der Waals surface area contributed by atoms with Gasteiger partial charge in [-0.1, -0.05) is 60.7 Å². The van der Waals surface area contributed by atoms with Gasteiger partial charge in [-0.15, -0.1) is 10.2 Å².